The van der Waals surface area contributed by atoms with Crippen molar-refractivity contribution in [3.63, 3.8) is 0 Å². The molecule has 152 valence electrons. The smallest absolute Gasteiger partial charge is 0.248 e. The second-order valence-electron chi connectivity index (χ2n) is 7.17. The van der Waals surface area contributed by atoms with Crippen molar-refractivity contribution in [3.05, 3.63) is 82.5 Å². The van der Waals surface area contributed by atoms with Crippen LogP contribution in [0.15, 0.2) is 54.7 Å². The summed E-state index contributed by atoms with van der Waals surface area (Å²) in [5.74, 6) is 1.33. The number of aromatic nitrogens is 1. The number of Topliss-reactive ketones (excluding diaryl/α,β-unsaturated/α-hetero) is 1. The van der Waals surface area contributed by atoms with E-state index in [2.05, 4.69) is 4.98 Å². The number of nitrogens with two attached hydrogens (primary N) is 1. The SMILES string of the molecule is CCc1cc2c(cc1Oc1cc(Cc3ccc(C(N)=O)cc3)ccn1)OCCC2=O. The van der Waals surface area contributed by atoms with Gasteiger partial charge in [0, 0.05) is 30.3 Å². The summed E-state index contributed by atoms with van der Waals surface area (Å²) in [6, 6.07) is 14.6. The molecular weight excluding hydrogens is 380 g/mol. The average molecular weight is 402 g/mol. The van der Waals surface area contributed by atoms with E-state index in [0.29, 0.717) is 48.0 Å². The number of amides is 1. The number of primary amides is 1. The highest BCUT2D eigenvalue weighted by Crippen LogP contribution is 2.35. The number of carbonyl (C=O) groups excluding carboxylic acids is 2. The Kier molecular flexibility index (Phi) is 5.48. The number of ether oxygens (including phenoxy) is 2. The monoisotopic (exact) mass is 402 g/mol. The first kappa shape index (κ1) is 19.6. The molecule has 30 heavy (non-hydrogen) atoms. The predicted molar refractivity (Wildman–Crippen MR) is 112 cm³/mol. The molecule has 0 radical (unpaired) electrons. The van der Waals surface area contributed by atoms with Crippen LogP contribution in [0, 0.1) is 0 Å². The number of rotatable bonds is 6. The standard InChI is InChI=1S/C24H22N2O4/c1-2-17-13-19-20(27)8-10-29-22(19)14-21(17)30-23-12-16(7-9-26-23)11-15-3-5-18(6-4-15)24(25)28/h3-7,9,12-14H,2,8,10-11H2,1H3,(H2,25,28). The van der Waals surface area contributed by atoms with Gasteiger partial charge in [0.05, 0.1) is 12.2 Å². The summed E-state index contributed by atoms with van der Waals surface area (Å²) < 4.78 is 11.7. The van der Waals surface area contributed by atoms with Gasteiger partial charge in [0.15, 0.2) is 5.78 Å². The van der Waals surface area contributed by atoms with E-state index in [4.69, 9.17) is 15.2 Å². The summed E-state index contributed by atoms with van der Waals surface area (Å²) in [6.07, 6.45) is 3.50. The van der Waals surface area contributed by atoms with Crippen LogP contribution in [-0.4, -0.2) is 23.3 Å². The van der Waals surface area contributed by atoms with Gasteiger partial charge in [-0.05, 0) is 53.8 Å². The Morgan fingerprint density at radius 2 is 1.93 bits per heavy atom. The number of ketones is 1. The topological polar surface area (TPSA) is 91.5 Å². The van der Waals surface area contributed by atoms with Crippen LogP contribution in [0.25, 0.3) is 0 Å². The number of nitrogens with zero attached hydrogens (tertiary/aromatic N) is 1. The number of fused-ring (bicyclic) bond motifs is 1. The van der Waals surface area contributed by atoms with Gasteiger partial charge in [0.1, 0.15) is 11.5 Å². The second-order valence-corrected chi connectivity index (χ2v) is 7.17. The van der Waals surface area contributed by atoms with Crippen molar-refractivity contribution in [1.82, 2.24) is 4.98 Å². The minimum atomic E-state index is -0.441. The lowest BCUT2D eigenvalue weighted by Crippen LogP contribution is -2.15. The van der Waals surface area contributed by atoms with E-state index in [1.807, 2.05) is 37.3 Å². The first-order valence-electron chi connectivity index (χ1n) is 9.88. The molecule has 1 aliphatic heterocycles. The minimum absolute atomic E-state index is 0.0972. The van der Waals surface area contributed by atoms with Crippen LogP contribution in [0.5, 0.6) is 17.4 Å². The fraction of sp³-hybridized carbons (Fsp3) is 0.208. The molecule has 0 saturated carbocycles. The normalized spacial score (nSPS) is 12.8. The Morgan fingerprint density at radius 3 is 2.67 bits per heavy atom. The molecule has 2 heterocycles. The number of pyridine rings is 1. The van der Waals surface area contributed by atoms with Crippen LogP contribution in [0.1, 0.15) is 50.8 Å². The Balaban J connectivity index is 1.56. The van der Waals surface area contributed by atoms with Gasteiger partial charge in [-0.2, -0.15) is 0 Å². The van der Waals surface area contributed by atoms with E-state index in [0.717, 1.165) is 23.1 Å². The van der Waals surface area contributed by atoms with Crippen LogP contribution in [0.3, 0.4) is 0 Å². The molecule has 6 heteroatoms. The quantitative estimate of drug-likeness (QED) is 0.670. The van der Waals surface area contributed by atoms with Crippen molar-refractivity contribution in [3.8, 4) is 17.4 Å². The van der Waals surface area contributed by atoms with Gasteiger partial charge >= 0.3 is 0 Å². The lowest BCUT2D eigenvalue weighted by molar-refractivity contribution is 0.0932. The van der Waals surface area contributed by atoms with Crippen molar-refractivity contribution in [2.45, 2.75) is 26.2 Å². The Labute approximate surface area is 174 Å². The molecule has 1 aromatic heterocycles. The van der Waals surface area contributed by atoms with E-state index in [-0.39, 0.29) is 5.78 Å². The molecule has 0 bridgehead atoms. The van der Waals surface area contributed by atoms with Crippen molar-refractivity contribution in [1.29, 1.82) is 0 Å². The third-order valence-electron chi connectivity index (χ3n) is 5.09. The van der Waals surface area contributed by atoms with Gasteiger partial charge in [-0.1, -0.05) is 19.1 Å². The van der Waals surface area contributed by atoms with E-state index >= 15 is 0 Å². The van der Waals surface area contributed by atoms with Crippen LogP contribution in [0.4, 0.5) is 0 Å². The van der Waals surface area contributed by atoms with Crippen molar-refractivity contribution < 1.29 is 19.1 Å². The lowest BCUT2D eigenvalue weighted by atomic mass is 10.00. The van der Waals surface area contributed by atoms with Crippen LogP contribution >= 0.6 is 0 Å². The molecule has 1 aliphatic rings. The number of carbonyl (C=O) groups is 2. The summed E-state index contributed by atoms with van der Waals surface area (Å²) in [4.78, 5) is 27.7. The largest absolute Gasteiger partial charge is 0.492 e. The van der Waals surface area contributed by atoms with E-state index in [1.54, 1.807) is 24.4 Å². The molecule has 1 amide bonds. The Bertz CT molecular complexity index is 1110. The Morgan fingerprint density at radius 1 is 1.13 bits per heavy atom. The van der Waals surface area contributed by atoms with Crippen molar-refractivity contribution >= 4 is 11.7 Å². The molecule has 3 aromatic rings. The second kappa shape index (κ2) is 8.37. The summed E-state index contributed by atoms with van der Waals surface area (Å²) in [5, 5.41) is 0. The molecule has 0 atom stereocenters. The first-order valence-corrected chi connectivity index (χ1v) is 9.88. The minimum Gasteiger partial charge on any atom is -0.492 e. The number of hydrogen-bond donors (Lipinski definition) is 1. The van der Waals surface area contributed by atoms with Crippen LogP contribution < -0.4 is 15.2 Å². The summed E-state index contributed by atoms with van der Waals surface area (Å²) in [7, 11) is 0. The predicted octanol–water partition coefficient (Wildman–Crippen LogP) is 4.09. The highest BCUT2D eigenvalue weighted by Gasteiger charge is 2.21. The van der Waals surface area contributed by atoms with E-state index < -0.39 is 5.91 Å². The van der Waals surface area contributed by atoms with Gasteiger partial charge in [-0.25, -0.2) is 4.98 Å². The highest BCUT2D eigenvalue weighted by atomic mass is 16.5. The molecule has 6 nitrogen and oxygen atoms in total. The zero-order valence-electron chi connectivity index (χ0n) is 16.7. The highest BCUT2D eigenvalue weighted by molar-refractivity contribution is 6.00. The molecule has 2 N–H and O–H groups in total. The third-order valence-corrected chi connectivity index (χ3v) is 5.09. The summed E-state index contributed by atoms with van der Waals surface area (Å²) in [5.41, 5.74) is 9.40. The molecule has 0 saturated heterocycles. The number of aryl methyl sites for hydroxylation is 1. The third kappa shape index (κ3) is 4.17. The van der Waals surface area contributed by atoms with Crippen LogP contribution in [0.2, 0.25) is 0 Å². The van der Waals surface area contributed by atoms with Gasteiger partial charge in [-0.15, -0.1) is 0 Å². The van der Waals surface area contributed by atoms with Gasteiger partial charge < -0.3 is 15.2 Å². The van der Waals surface area contributed by atoms with Gasteiger partial charge in [-0.3, -0.25) is 9.59 Å². The van der Waals surface area contributed by atoms with Gasteiger partial charge in [0.25, 0.3) is 0 Å². The number of benzene rings is 2. The summed E-state index contributed by atoms with van der Waals surface area (Å²) in [6.45, 7) is 2.40. The lowest BCUT2D eigenvalue weighted by Gasteiger charge is -2.19. The molecule has 0 fully saturated rings. The number of hydrogen-bond acceptors (Lipinski definition) is 5. The molecule has 4 rings (SSSR count). The van der Waals surface area contributed by atoms with E-state index in [9.17, 15) is 9.59 Å². The average Bonchev–Trinajstić information content (AvgIpc) is 2.74. The maximum Gasteiger partial charge on any atom is 0.248 e. The molecule has 0 aliphatic carbocycles. The maximum atomic E-state index is 12.1. The molecular formula is C24H22N2O4. The van der Waals surface area contributed by atoms with Crippen molar-refractivity contribution in [2.24, 2.45) is 5.73 Å². The zero-order chi connectivity index (χ0) is 21.1. The van der Waals surface area contributed by atoms with Crippen LogP contribution in [-0.2, 0) is 12.8 Å². The van der Waals surface area contributed by atoms with Gasteiger partial charge in [0.2, 0.25) is 11.8 Å². The molecule has 2 aromatic carbocycles. The van der Waals surface area contributed by atoms with Crippen molar-refractivity contribution in [2.75, 3.05) is 6.61 Å². The fourth-order valence-electron chi connectivity index (χ4n) is 3.45. The maximum absolute atomic E-state index is 12.1. The Hall–Kier alpha value is -3.67. The first-order chi connectivity index (χ1) is 14.5. The summed E-state index contributed by atoms with van der Waals surface area (Å²) >= 11 is 0. The molecule has 0 unspecified atom stereocenters. The fourth-order valence-corrected chi connectivity index (χ4v) is 3.45. The zero-order valence-corrected chi connectivity index (χ0v) is 16.7. The molecule has 0 spiro atoms. The van der Waals surface area contributed by atoms with E-state index in [1.165, 1.54) is 0 Å².